The Morgan fingerprint density at radius 2 is 1.74 bits per heavy atom. The number of benzene rings is 2. The van der Waals surface area contributed by atoms with Gasteiger partial charge in [0.1, 0.15) is 0 Å². The second-order valence-corrected chi connectivity index (χ2v) is 7.09. The first-order chi connectivity index (χ1) is 13.0. The summed E-state index contributed by atoms with van der Waals surface area (Å²) in [6, 6.07) is 16.6. The lowest BCUT2D eigenvalue weighted by molar-refractivity contribution is -0.111. The second-order valence-electron chi connectivity index (χ2n) is 7.09. The quantitative estimate of drug-likeness (QED) is 0.770. The normalized spacial score (nSPS) is 16.9. The molecule has 0 saturated carbocycles. The van der Waals surface area contributed by atoms with Gasteiger partial charge in [0.2, 0.25) is 5.91 Å². The van der Waals surface area contributed by atoms with Gasteiger partial charge in [-0.05, 0) is 68.6 Å². The molecule has 3 rings (SSSR count). The van der Waals surface area contributed by atoms with Gasteiger partial charge in [-0.3, -0.25) is 4.79 Å². The number of hydrogen-bond donors (Lipinski definition) is 2. The van der Waals surface area contributed by atoms with Crippen LogP contribution in [-0.4, -0.2) is 51.1 Å². The van der Waals surface area contributed by atoms with Crippen molar-refractivity contribution in [3.05, 3.63) is 60.2 Å². The number of rotatable bonds is 6. The highest BCUT2D eigenvalue weighted by Gasteiger charge is 2.23. The predicted octanol–water partition coefficient (Wildman–Crippen LogP) is 3.52. The van der Waals surface area contributed by atoms with Crippen LogP contribution in [0.25, 0.3) is 6.08 Å². The molecule has 1 heterocycles. The Morgan fingerprint density at radius 3 is 2.33 bits per heavy atom. The summed E-state index contributed by atoms with van der Waals surface area (Å²) in [4.78, 5) is 16.8. The number of amides is 1. The molecule has 0 spiro atoms. The molecule has 1 aliphatic heterocycles. The Morgan fingerprint density at radius 1 is 1.07 bits per heavy atom. The molecule has 5 heteroatoms. The molecule has 1 atom stereocenters. The maximum atomic E-state index is 12.1. The monoisotopic (exact) mass is 364 g/mol. The summed E-state index contributed by atoms with van der Waals surface area (Å²) < 4.78 is 0. The van der Waals surface area contributed by atoms with E-state index in [1.807, 2.05) is 49.5 Å². The smallest absolute Gasteiger partial charge is 0.248 e. The molecule has 2 aromatic rings. The maximum Gasteiger partial charge on any atom is 0.248 e. The molecule has 0 radical (unpaired) electrons. The molecule has 1 unspecified atom stereocenters. The van der Waals surface area contributed by atoms with Crippen LogP contribution < -0.4 is 15.5 Å². The van der Waals surface area contributed by atoms with Crippen molar-refractivity contribution < 1.29 is 4.79 Å². The molecule has 2 aromatic carbocycles. The zero-order valence-corrected chi connectivity index (χ0v) is 16.3. The van der Waals surface area contributed by atoms with Gasteiger partial charge in [-0.25, -0.2) is 0 Å². The maximum absolute atomic E-state index is 12.1. The fraction of sp³-hybridized carbons (Fsp3) is 0.318. The van der Waals surface area contributed by atoms with E-state index in [1.54, 1.807) is 6.08 Å². The SMILES string of the molecule is CNc1ccc(/C=C/C(=O)Nc2ccc(N3CCC(N(C)C)C3)cc2)cc1. The third kappa shape index (κ3) is 5.11. The number of likely N-dealkylation sites (N-methyl/N-ethyl adjacent to an activating group) is 1. The number of nitrogens with one attached hydrogen (secondary N) is 2. The van der Waals surface area contributed by atoms with E-state index in [2.05, 4.69) is 46.7 Å². The zero-order chi connectivity index (χ0) is 19.2. The summed E-state index contributed by atoms with van der Waals surface area (Å²) in [6.07, 6.45) is 4.56. The summed E-state index contributed by atoms with van der Waals surface area (Å²) in [5.74, 6) is -0.130. The van der Waals surface area contributed by atoms with Crippen LogP contribution in [0, 0.1) is 0 Å². The third-order valence-electron chi connectivity index (χ3n) is 5.02. The Hall–Kier alpha value is -2.79. The number of anilines is 3. The molecule has 0 aliphatic carbocycles. The summed E-state index contributed by atoms with van der Waals surface area (Å²) in [6.45, 7) is 2.12. The van der Waals surface area contributed by atoms with Crippen molar-refractivity contribution in [3.63, 3.8) is 0 Å². The van der Waals surface area contributed by atoms with Crippen molar-refractivity contribution in [3.8, 4) is 0 Å². The Labute approximate surface area is 161 Å². The van der Waals surface area contributed by atoms with E-state index >= 15 is 0 Å². The van der Waals surface area contributed by atoms with E-state index in [-0.39, 0.29) is 5.91 Å². The fourth-order valence-corrected chi connectivity index (χ4v) is 3.27. The van der Waals surface area contributed by atoms with Crippen molar-refractivity contribution >= 4 is 29.0 Å². The van der Waals surface area contributed by atoms with Crippen molar-refractivity contribution in [2.24, 2.45) is 0 Å². The van der Waals surface area contributed by atoms with Crippen molar-refractivity contribution in [2.45, 2.75) is 12.5 Å². The molecule has 0 aromatic heterocycles. The Balaban J connectivity index is 1.54. The van der Waals surface area contributed by atoms with Gasteiger partial charge in [-0.2, -0.15) is 0 Å². The van der Waals surface area contributed by atoms with Gasteiger partial charge in [0, 0.05) is 49.3 Å². The van der Waals surface area contributed by atoms with Crippen LogP contribution in [0.5, 0.6) is 0 Å². The highest BCUT2D eigenvalue weighted by molar-refractivity contribution is 6.02. The van der Waals surface area contributed by atoms with Crippen LogP contribution in [0.3, 0.4) is 0 Å². The average molecular weight is 364 g/mol. The molecule has 1 amide bonds. The van der Waals surface area contributed by atoms with E-state index in [0.29, 0.717) is 6.04 Å². The average Bonchev–Trinajstić information content (AvgIpc) is 3.18. The van der Waals surface area contributed by atoms with Gasteiger partial charge in [-0.15, -0.1) is 0 Å². The van der Waals surface area contributed by atoms with Crippen LogP contribution in [0.15, 0.2) is 54.6 Å². The van der Waals surface area contributed by atoms with E-state index in [0.717, 1.165) is 30.0 Å². The minimum absolute atomic E-state index is 0.130. The molecular weight excluding hydrogens is 336 g/mol. The molecular formula is C22H28N4O. The topological polar surface area (TPSA) is 47.6 Å². The Bertz CT molecular complexity index is 781. The van der Waals surface area contributed by atoms with Gasteiger partial charge in [0.05, 0.1) is 0 Å². The molecule has 5 nitrogen and oxygen atoms in total. The lowest BCUT2D eigenvalue weighted by Gasteiger charge is -2.22. The predicted molar refractivity (Wildman–Crippen MR) is 114 cm³/mol. The first-order valence-corrected chi connectivity index (χ1v) is 9.33. The lowest BCUT2D eigenvalue weighted by Crippen LogP contribution is -2.31. The minimum Gasteiger partial charge on any atom is -0.388 e. The summed E-state index contributed by atoms with van der Waals surface area (Å²) >= 11 is 0. The van der Waals surface area contributed by atoms with E-state index in [9.17, 15) is 4.79 Å². The van der Waals surface area contributed by atoms with Crippen molar-refractivity contribution in [2.75, 3.05) is 49.8 Å². The largest absolute Gasteiger partial charge is 0.388 e. The summed E-state index contributed by atoms with van der Waals surface area (Å²) in [5, 5.41) is 5.99. The van der Waals surface area contributed by atoms with E-state index in [1.165, 1.54) is 12.1 Å². The molecule has 142 valence electrons. The van der Waals surface area contributed by atoms with Crippen LogP contribution in [0.4, 0.5) is 17.1 Å². The first kappa shape index (κ1) is 19.0. The molecule has 2 N–H and O–H groups in total. The lowest BCUT2D eigenvalue weighted by atomic mass is 10.2. The highest BCUT2D eigenvalue weighted by atomic mass is 16.1. The number of carbonyl (C=O) groups is 1. The Kier molecular flexibility index (Phi) is 6.14. The second kappa shape index (κ2) is 8.73. The highest BCUT2D eigenvalue weighted by Crippen LogP contribution is 2.23. The minimum atomic E-state index is -0.130. The van der Waals surface area contributed by atoms with Crippen LogP contribution in [0.1, 0.15) is 12.0 Å². The number of nitrogens with zero attached hydrogens (tertiary/aromatic N) is 2. The first-order valence-electron chi connectivity index (χ1n) is 9.33. The van der Waals surface area contributed by atoms with Crippen LogP contribution >= 0.6 is 0 Å². The van der Waals surface area contributed by atoms with Crippen LogP contribution in [-0.2, 0) is 4.79 Å². The van der Waals surface area contributed by atoms with E-state index < -0.39 is 0 Å². The molecule has 1 fully saturated rings. The van der Waals surface area contributed by atoms with Gasteiger partial charge < -0.3 is 20.4 Å². The third-order valence-corrected chi connectivity index (χ3v) is 5.02. The molecule has 1 saturated heterocycles. The number of carbonyl (C=O) groups excluding carboxylic acids is 1. The standard InChI is InChI=1S/C22H28N4O/c1-23-18-7-4-17(5-8-18)6-13-22(27)24-19-9-11-20(12-10-19)26-15-14-21(16-26)25(2)3/h4-13,21,23H,14-16H2,1-3H3,(H,24,27)/b13-6+. The van der Waals surface area contributed by atoms with Crippen molar-refractivity contribution in [1.82, 2.24) is 4.90 Å². The molecule has 27 heavy (non-hydrogen) atoms. The van der Waals surface area contributed by atoms with Gasteiger partial charge in [0.25, 0.3) is 0 Å². The van der Waals surface area contributed by atoms with Gasteiger partial charge in [0.15, 0.2) is 0 Å². The molecule has 0 bridgehead atoms. The van der Waals surface area contributed by atoms with Gasteiger partial charge in [-0.1, -0.05) is 12.1 Å². The summed E-state index contributed by atoms with van der Waals surface area (Å²) in [5.41, 5.74) is 4.05. The zero-order valence-electron chi connectivity index (χ0n) is 16.3. The molecule has 1 aliphatic rings. The number of hydrogen-bond acceptors (Lipinski definition) is 4. The van der Waals surface area contributed by atoms with E-state index in [4.69, 9.17) is 0 Å². The van der Waals surface area contributed by atoms with Crippen molar-refractivity contribution in [1.29, 1.82) is 0 Å². The van der Waals surface area contributed by atoms with Gasteiger partial charge >= 0.3 is 0 Å². The fourth-order valence-electron chi connectivity index (χ4n) is 3.27. The summed E-state index contributed by atoms with van der Waals surface area (Å²) in [7, 11) is 6.15. The van der Waals surface area contributed by atoms with Crippen LogP contribution in [0.2, 0.25) is 0 Å².